The molecular formula is C11H15ClSi. The van der Waals surface area contributed by atoms with E-state index in [2.05, 4.69) is 37.8 Å². The topological polar surface area (TPSA) is 0 Å². The molecule has 0 aliphatic heterocycles. The SMILES string of the molecule is C=C(C)CC([SiH2]Cl)c1ccccc1. The van der Waals surface area contributed by atoms with Crippen LogP contribution in [0.2, 0.25) is 0 Å². The zero-order valence-corrected chi connectivity index (χ0v) is 10.1. The van der Waals surface area contributed by atoms with Gasteiger partial charge in [-0.25, -0.2) is 0 Å². The quantitative estimate of drug-likeness (QED) is 0.407. The lowest BCUT2D eigenvalue weighted by molar-refractivity contribution is 0.903. The van der Waals surface area contributed by atoms with Gasteiger partial charge in [0, 0.05) is 0 Å². The maximum atomic E-state index is 6.04. The van der Waals surface area contributed by atoms with Crippen molar-refractivity contribution in [1.82, 2.24) is 0 Å². The second kappa shape index (κ2) is 5.25. The van der Waals surface area contributed by atoms with Crippen LogP contribution in [0.25, 0.3) is 0 Å². The summed E-state index contributed by atoms with van der Waals surface area (Å²) in [6.45, 7) is 6.00. The van der Waals surface area contributed by atoms with Gasteiger partial charge in [-0.05, 0) is 24.4 Å². The summed E-state index contributed by atoms with van der Waals surface area (Å²) in [5.41, 5.74) is 3.15. The Morgan fingerprint density at radius 2 is 2.08 bits per heavy atom. The highest BCUT2D eigenvalue weighted by atomic mass is 35.6. The van der Waals surface area contributed by atoms with Gasteiger partial charge in [0.2, 0.25) is 0 Å². The molecule has 1 rings (SSSR count). The molecule has 0 fully saturated rings. The summed E-state index contributed by atoms with van der Waals surface area (Å²) in [5, 5.41) is 0. The molecule has 0 N–H and O–H groups in total. The number of hydrogen-bond acceptors (Lipinski definition) is 0. The average Bonchev–Trinajstić information content (AvgIpc) is 2.15. The van der Waals surface area contributed by atoms with E-state index in [1.807, 2.05) is 6.07 Å². The van der Waals surface area contributed by atoms with E-state index in [-0.39, 0.29) is 0 Å². The Balaban J connectivity index is 2.73. The van der Waals surface area contributed by atoms with Gasteiger partial charge in [-0.3, -0.25) is 0 Å². The van der Waals surface area contributed by atoms with Crippen molar-refractivity contribution in [3.05, 3.63) is 48.0 Å². The van der Waals surface area contributed by atoms with Crippen molar-refractivity contribution >= 4 is 19.9 Å². The van der Waals surface area contributed by atoms with Gasteiger partial charge in [0.1, 0.15) is 8.83 Å². The van der Waals surface area contributed by atoms with E-state index in [1.165, 1.54) is 11.1 Å². The summed E-state index contributed by atoms with van der Waals surface area (Å²) < 4.78 is 0. The molecular weight excluding hydrogens is 196 g/mol. The minimum absolute atomic E-state index is 0.502. The minimum atomic E-state index is -0.502. The molecule has 0 aromatic heterocycles. The molecule has 13 heavy (non-hydrogen) atoms. The summed E-state index contributed by atoms with van der Waals surface area (Å²) in [6.07, 6.45) is 1.04. The fourth-order valence-electron chi connectivity index (χ4n) is 1.41. The number of allylic oxidation sites excluding steroid dienone is 1. The van der Waals surface area contributed by atoms with Crippen LogP contribution in [-0.2, 0) is 0 Å². The van der Waals surface area contributed by atoms with Crippen LogP contribution >= 0.6 is 11.1 Å². The van der Waals surface area contributed by atoms with Gasteiger partial charge in [0.25, 0.3) is 0 Å². The van der Waals surface area contributed by atoms with Crippen molar-refractivity contribution in [1.29, 1.82) is 0 Å². The predicted octanol–water partition coefficient (Wildman–Crippen LogP) is 3.02. The lowest BCUT2D eigenvalue weighted by Gasteiger charge is -2.13. The van der Waals surface area contributed by atoms with Gasteiger partial charge < -0.3 is 0 Å². The monoisotopic (exact) mass is 210 g/mol. The Kier molecular flexibility index (Phi) is 4.26. The molecule has 0 nitrogen and oxygen atoms in total. The third-order valence-electron chi connectivity index (χ3n) is 2.05. The molecule has 0 saturated carbocycles. The zero-order valence-electron chi connectivity index (χ0n) is 7.96. The van der Waals surface area contributed by atoms with Gasteiger partial charge in [-0.15, -0.1) is 6.58 Å². The second-order valence-corrected chi connectivity index (χ2v) is 5.64. The minimum Gasteiger partial charge on any atom is -0.175 e. The van der Waals surface area contributed by atoms with Crippen molar-refractivity contribution in [2.75, 3.05) is 0 Å². The summed E-state index contributed by atoms with van der Waals surface area (Å²) in [6, 6.07) is 10.5. The molecule has 0 spiro atoms. The second-order valence-electron chi connectivity index (χ2n) is 3.42. The van der Waals surface area contributed by atoms with Gasteiger partial charge in [-0.2, -0.15) is 11.1 Å². The van der Waals surface area contributed by atoms with E-state index in [1.54, 1.807) is 0 Å². The van der Waals surface area contributed by atoms with E-state index >= 15 is 0 Å². The average molecular weight is 211 g/mol. The first-order chi connectivity index (χ1) is 6.24. The van der Waals surface area contributed by atoms with Crippen LogP contribution in [0.3, 0.4) is 0 Å². The summed E-state index contributed by atoms with van der Waals surface area (Å²) in [4.78, 5) is 0. The Labute approximate surface area is 87.1 Å². The molecule has 70 valence electrons. The fraction of sp³-hybridized carbons (Fsp3) is 0.273. The first-order valence-electron chi connectivity index (χ1n) is 4.49. The molecule has 1 aromatic carbocycles. The molecule has 0 heterocycles. The first-order valence-corrected chi connectivity index (χ1v) is 7.44. The molecule has 0 bridgehead atoms. The van der Waals surface area contributed by atoms with E-state index < -0.39 is 8.83 Å². The van der Waals surface area contributed by atoms with Crippen LogP contribution in [0, 0.1) is 0 Å². The van der Waals surface area contributed by atoms with Gasteiger partial charge in [0.15, 0.2) is 0 Å². The molecule has 0 amide bonds. The molecule has 1 aromatic rings. The van der Waals surface area contributed by atoms with Crippen LogP contribution in [0.1, 0.15) is 24.4 Å². The number of hydrogen-bond donors (Lipinski definition) is 0. The van der Waals surface area contributed by atoms with Crippen molar-refractivity contribution in [2.24, 2.45) is 0 Å². The van der Waals surface area contributed by atoms with E-state index in [4.69, 9.17) is 11.1 Å². The molecule has 0 aliphatic rings. The number of rotatable bonds is 4. The lowest BCUT2D eigenvalue weighted by atomic mass is 10.1. The summed E-state index contributed by atoms with van der Waals surface area (Å²) in [5.74, 6) is 0. The molecule has 1 unspecified atom stereocenters. The predicted molar refractivity (Wildman–Crippen MR) is 63.0 cm³/mol. The Morgan fingerprint density at radius 3 is 2.54 bits per heavy atom. The maximum absolute atomic E-state index is 6.04. The fourth-order valence-corrected chi connectivity index (χ4v) is 3.32. The standard InChI is InChI=1S/C11H15ClSi/c1-9(2)8-11(13-12)10-6-4-3-5-7-10/h3-7,11H,1,8,13H2,2H3. The largest absolute Gasteiger partial charge is 0.175 e. The van der Waals surface area contributed by atoms with Crippen LogP contribution in [0.15, 0.2) is 42.5 Å². The van der Waals surface area contributed by atoms with Crippen molar-refractivity contribution < 1.29 is 0 Å². The number of halogens is 1. The van der Waals surface area contributed by atoms with E-state index in [0.29, 0.717) is 5.54 Å². The first kappa shape index (κ1) is 10.5. The molecule has 0 radical (unpaired) electrons. The van der Waals surface area contributed by atoms with Gasteiger partial charge in [-0.1, -0.05) is 35.9 Å². The molecule has 0 saturated heterocycles. The van der Waals surface area contributed by atoms with E-state index in [9.17, 15) is 0 Å². The summed E-state index contributed by atoms with van der Waals surface area (Å²) >= 11 is 6.04. The highest BCUT2D eigenvalue weighted by Crippen LogP contribution is 2.22. The molecule has 1 atom stereocenters. The van der Waals surface area contributed by atoms with Crippen molar-refractivity contribution in [3.8, 4) is 0 Å². The van der Waals surface area contributed by atoms with Gasteiger partial charge in [0.05, 0.1) is 0 Å². The molecule has 2 heteroatoms. The smallest absolute Gasteiger partial charge is 0.133 e. The van der Waals surface area contributed by atoms with Crippen molar-refractivity contribution in [2.45, 2.75) is 18.9 Å². The van der Waals surface area contributed by atoms with Crippen molar-refractivity contribution in [3.63, 3.8) is 0 Å². The van der Waals surface area contributed by atoms with Gasteiger partial charge >= 0.3 is 0 Å². The van der Waals surface area contributed by atoms with Crippen LogP contribution in [0.5, 0.6) is 0 Å². The maximum Gasteiger partial charge on any atom is 0.133 e. The Morgan fingerprint density at radius 1 is 1.46 bits per heavy atom. The Bertz CT molecular complexity index is 269. The zero-order chi connectivity index (χ0) is 9.68. The Hall–Kier alpha value is -0.533. The normalized spacial score (nSPS) is 13.4. The number of benzene rings is 1. The highest BCUT2D eigenvalue weighted by molar-refractivity contribution is 6.94. The van der Waals surface area contributed by atoms with Crippen LogP contribution < -0.4 is 0 Å². The lowest BCUT2D eigenvalue weighted by Crippen LogP contribution is -2.03. The van der Waals surface area contributed by atoms with Crippen LogP contribution in [-0.4, -0.2) is 8.83 Å². The third kappa shape index (κ3) is 3.37. The van der Waals surface area contributed by atoms with E-state index in [0.717, 1.165) is 6.42 Å². The van der Waals surface area contributed by atoms with Crippen LogP contribution in [0.4, 0.5) is 0 Å². The summed E-state index contributed by atoms with van der Waals surface area (Å²) in [7, 11) is -0.502. The third-order valence-corrected chi connectivity index (χ3v) is 4.30. The molecule has 0 aliphatic carbocycles. The highest BCUT2D eigenvalue weighted by Gasteiger charge is 2.09.